The van der Waals surface area contributed by atoms with Crippen LogP contribution in [0.3, 0.4) is 0 Å². The number of aliphatic hydroxyl groups excluding tert-OH is 2. The molecule has 0 aromatic heterocycles. The molecule has 3 N–H and O–H groups in total. The molecule has 14 heavy (non-hydrogen) atoms. The van der Waals surface area contributed by atoms with E-state index in [2.05, 4.69) is 5.32 Å². The third-order valence-corrected chi connectivity index (χ3v) is 2.14. The van der Waals surface area contributed by atoms with Crippen molar-refractivity contribution in [3.63, 3.8) is 0 Å². The molecule has 0 unspecified atom stereocenters. The summed E-state index contributed by atoms with van der Waals surface area (Å²) in [6.07, 6.45) is 0.587. The van der Waals surface area contributed by atoms with Gasteiger partial charge in [-0.05, 0) is 12.0 Å². The number of nitrogens with one attached hydrogen (secondary N) is 1. The molecule has 0 heterocycles. The van der Waals surface area contributed by atoms with Gasteiger partial charge in [0.25, 0.3) is 0 Å². The SMILES string of the molecule is OCC[C@@H](CO)NCc1ccccc1. The largest absolute Gasteiger partial charge is 0.396 e. The molecule has 1 aromatic carbocycles. The molecule has 0 aliphatic heterocycles. The molecule has 1 aromatic rings. The van der Waals surface area contributed by atoms with E-state index in [9.17, 15) is 0 Å². The van der Waals surface area contributed by atoms with Gasteiger partial charge >= 0.3 is 0 Å². The van der Waals surface area contributed by atoms with Crippen molar-refractivity contribution in [2.75, 3.05) is 13.2 Å². The summed E-state index contributed by atoms with van der Waals surface area (Å²) >= 11 is 0. The molecule has 0 saturated heterocycles. The van der Waals surface area contributed by atoms with E-state index < -0.39 is 0 Å². The molecule has 78 valence electrons. The number of aliphatic hydroxyl groups is 2. The Kier molecular flexibility index (Phi) is 5.22. The quantitative estimate of drug-likeness (QED) is 0.620. The van der Waals surface area contributed by atoms with Crippen LogP contribution in [0, 0.1) is 0 Å². The van der Waals surface area contributed by atoms with E-state index in [-0.39, 0.29) is 19.3 Å². The molecule has 3 nitrogen and oxygen atoms in total. The normalized spacial score (nSPS) is 12.7. The molecular formula is C11H17NO2. The second-order valence-electron chi connectivity index (χ2n) is 3.26. The highest BCUT2D eigenvalue weighted by molar-refractivity contribution is 5.14. The van der Waals surface area contributed by atoms with E-state index in [1.165, 1.54) is 5.56 Å². The Balaban J connectivity index is 2.32. The molecule has 0 amide bonds. The van der Waals surface area contributed by atoms with Gasteiger partial charge in [-0.25, -0.2) is 0 Å². The third kappa shape index (κ3) is 3.87. The van der Waals surface area contributed by atoms with Crippen LogP contribution < -0.4 is 5.32 Å². The molecule has 1 atom stereocenters. The van der Waals surface area contributed by atoms with Gasteiger partial charge < -0.3 is 15.5 Å². The molecule has 0 radical (unpaired) electrons. The van der Waals surface area contributed by atoms with Gasteiger partial charge in [0.05, 0.1) is 6.61 Å². The zero-order valence-electron chi connectivity index (χ0n) is 8.19. The van der Waals surface area contributed by atoms with Crippen molar-refractivity contribution in [2.45, 2.75) is 19.0 Å². The third-order valence-electron chi connectivity index (χ3n) is 2.14. The fraction of sp³-hybridized carbons (Fsp3) is 0.455. The molecule has 1 rings (SSSR count). The molecule has 3 heteroatoms. The van der Waals surface area contributed by atoms with E-state index in [1.54, 1.807) is 0 Å². The maximum Gasteiger partial charge on any atom is 0.0585 e. The van der Waals surface area contributed by atoms with Gasteiger partial charge in [-0.15, -0.1) is 0 Å². The number of benzene rings is 1. The second-order valence-corrected chi connectivity index (χ2v) is 3.26. The molecule has 0 fully saturated rings. The van der Waals surface area contributed by atoms with Crippen LogP contribution in [0.25, 0.3) is 0 Å². The van der Waals surface area contributed by atoms with Crippen LogP contribution in [0.4, 0.5) is 0 Å². The van der Waals surface area contributed by atoms with Gasteiger partial charge in [0, 0.05) is 19.2 Å². The van der Waals surface area contributed by atoms with Crippen molar-refractivity contribution < 1.29 is 10.2 Å². The minimum atomic E-state index is -0.0137. The summed E-state index contributed by atoms with van der Waals surface area (Å²) < 4.78 is 0. The van der Waals surface area contributed by atoms with Gasteiger partial charge in [-0.1, -0.05) is 30.3 Å². The summed E-state index contributed by atoms with van der Waals surface area (Å²) in [5.74, 6) is 0. The smallest absolute Gasteiger partial charge is 0.0585 e. The topological polar surface area (TPSA) is 52.5 Å². The van der Waals surface area contributed by atoms with E-state index >= 15 is 0 Å². The highest BCUT2D eigenvalue weighted by Crippen LogP contribution is 1.99. The first kappa shape index (κ1) is 11.2. The van der Waals surface area contributed by atoms with Crippen LogP contribution >= 0.6 is 0 Å². The number of rotatable bonds is 6. The van der Waals surface area contributed by atoms with Crippen LogP contribution in [0.5, 0.6) is 0 Å². The van der Waals surface area contributed by atoms with Crippen molar-refractivity contribution in [3.05, 3.63) is 35.9 Å². The predicted molar refractivity (Wildman–Crippen MR) is 55.9 cm³/mol. The standard InChI is InChI=1S/C11H17NO2/c13-7-6-11(9-14)12-8-10-4-2-1-3-5-10/h1-5,11-14H,6-9H2/t11-/m0/s1. The Hall–Kier alpha value is -0.900. The maximum absolute atomic E-state index is 8.96. The van der Waals surface area contributed by atoms with Gasteiger partial charge in [0.2, 0.25) is 0 Å². The Morgan fingerprint density at radius 3 is 2.43 bits per heavy atom. The van der Waals surface area contributed by atoms with Crippen LogP contribution in [0.1, 0.15) is 12.0 Å². The Morgan fingerprint density at radius 1 is 1.14 bits per heavy atom. The van der Waals surface area contributed by atoms with Crippen LogP contribution in [0.2, 0.25) is 0 Å². The first-order valence-electron chi connectivity index (χ1n) is 4.86. The summed E-state index contributed by atoms with van der Waals surface area (Å²) in [6.45, 7) is 0.895. The van der Waals surface area contributed by atoms with Crippen molar-refractivity contribution >= 4 is 0 Å². The Bertz CT molecular complexity index is 238. The van der Waals surface area contributed by atoms with Crippen molar-refractivity contribution in [1.29, 1.82) is 0 Å². The van der Waals surface area contributed by atoms with E-state index in [1.807, 2.05) is 30.3 Å². The average molecular weight is 195 g/mol. The monoisotopic (exact) mass is 195 g/mol. The first-order chi connectivity index (χ1) is 6.86. The lowest BCUT2D eigenvalue weighted by molar-refractivity contribution is 0.200. The summed E-state index contributed by atoms with van der Waals surface area (Å²) in [7, 11) is 0. The van der Waals surface area contributed by atoms with Crippen molar-refractivity contribution in [1.82, 2.24) is 5.32 Å². The number of hydrogen-bond donors (Lipinski definition) is 3. The van der Waals surface area contributed by atoms with Gasteiger partial charge in [0.1, 0.15) is 0 Å². The average Bonchev–Trinajstić information content (AvgIpc) is 2.25. The zero-order chi connectivity index (χ0) is 10.2. The Labute approximate surface area is 84.4 Å². The van der Waals surface area contributed by atoms with Gasteiger partial charge in [0.15, 0.2) is 0 Å². The fourth-order valence-corrected chi connectivity index (χ4v) is 1.27. The second kappa shape index (κ2) is 6.54. The summed E-state index contributed by atoms with van der Waals surface area (Å²) in [6, 6.07) is 9.98. The molecular weight excluding hydrogens is 178 g/mol. The highest BCUT2D eigenvalue weighted by atomic mass is 16.3. The highest BCUT2D eigenvalue weighted by Gasteiger charge is 2.04. The van der Waals surface area contributed by atoms with Gasteiger partial charge in [-0.3, -0.25) is 0 Å². The Morgan fingerprint density at radius 2 is 1.86 bits per heavy atom. The molecule has 0 aliphatic carbocycles. The minimum Gasteiger partial charge on any atom is -0.396 e. The van der Waals surface area contributed by atoms with Crippen LogP contribution in [-0.4, -0.2) is 29.5 Å². The molecule has 0 aliphatic rings. The molecule has 0 bridgehead atoms. The number of hydrogen-bond acceptors (Lipinski definition) is 3. The minimum absolute atomic E-state index is 0.0137. The summed E-state index contributed by atoms with van der Waals surface area (Å²) in [5.41, 5.74) is 1.18. The lowest BCUT2D eigenvalue weighted by Gasteiger charge is -2.14. The van der Waals surface area contributed by atoms with Crippen molar-refractivity contribution in [3.8, 4) is 0 Å². The molecule has 0 spiro atoms. The van der Waals surface area contributed by atoms with Crippen LogP contribution in [-0.2, 0) is 6.54 Å². The zero-order valence-corrected chi connectivity index (χ0v) is 8.19. The van der Waals surface area contributed by atoms with Crippen molar-refractivity contribution in [2.24, 2.45) is 0 Å². The predicted octanol–water partition coefficient (Wildman–Crippen LogP) is 0.519. The van der Waals surface area contributed by atoms with Crippen LogP contribution in [0.15, 0.2) is 30.3 Å². The fourth-order valence-electron chi connectivity index (χ4n) is 1.27. The van der Waals surface area contributed by atoms with E-state index in [0.29, 0.717) is 6.42 Å². The lowest BCUT2D eigenvalue weighted by Crippen LogP contribution is -2.32. The summed E-state index contributed by atoms with van der Waals surface area (Å²) in [4.78, 5) is 0. The van der Waals surface area contributed by atoms with E-state index in [4.69, 9.17) is 10.2 Å². The lowest BCUT2D eigenvalue weighted by atomic mass is 10.2. The van der Waals surface area contributed by atoms with Gasteiger partial charge in [-0.2, -0.15) is 0 Å². The molecule has 0 saturated carbocycles. The maximum atomic E-state index is 8.96. The summed E-state index contributed by atoms with van der Waals surface area (Å²) in [5, 5.41) is 20.9. The van der Waals surface area contributed by atoms with E-state index in [0.717, 1.165) is 6.54 Å². The first-order valence-corrected chi connectivity index (χ1v) is 4.86.